The molecule has 0 fully saturated rings. The number of carbonyl (C=O) groups excluding carboxylic acids is 1. The van der Waals surface area contributed by atoms with Gasteiger partial charge in [-0.25, -0.2) is 4.79 Å². The van der Waals surface area contributed by atoms with Gasteiger partial charge in [0, 0.05) is 5.57 Å². The Balaban J connectivity index is 2.95. The molecule has 3 atom stereocenters. The Labute approximate surface area is 146 Å². The van der Waals surface area contributed by atoms with Crippen LogP contribution < -0.4 is 0 Å². The molecule has 4 nitrogen and oxygen atoms in total. The fourth-order valence-corrected chi connectivity index (χ4v) is 3.44. The number of rotatable bonds is 10. The van der Waals surface area contributed by atoms with Gasteiger partial charge < -0.3 is 9.84 Å². The number of allylic oxidation sites excluding steroid dienone is 1. The van der Waals surface area contributed by atoms with Crippen LogP contribution in [0.15, 0.2) is 11.6 Å². The predicted octanol–water partition coefficient (Wildman–Crippen LogP) is 4.83. The number of unbranched alkanes of at least 4 members (excludes halogenated alkanes) is 2. The van der Waals surface area contributed by atoms with E-state index in [9.17, 15) is 14.7 Å². The summed E-state index contributed by atoms with van der Waals surface area (Å²) in [6, 6.07) is 0. The first kappa shape index (κ1) is 20.7. The Bertz CT molecular complexity index is 439. The fraction of sp³-hybridized carbons (Fsp3) is 0.800. The summed E-state index contributed by atoms with van der Waals surface area (Å²) in [4.78, 5) is 24.1. The molecule has 0 heterocycles. The highest BCUT2D eigenvalue weighted by Crippen LogP contribution is 2.39. The molecule has 4 heteroatoms. The summed E-state index contributed by atoms with van der Waals surface area (Å²) in [5.74, 6) is -1.04. The van der Waals surface area contributed by atoms with Gasteiger partial charge in [-0.05, 0) is 37.0 Å². The average molecular weight is 338 g/mol. The zero-order valence-corrected chi connectivity index (χ0v) is 15.7. The molecule has 0 amide bonds. The van der Waals surface area contributed by atoms with Crippen LogP contribution in [0.3, 0.4) is 0 Å². The molecule has 0 aromatic carbocycles. The minimum atomic E-state index is -0.975. The number of hydrogen-bond donors (Lipinski definition) is 1. The lowest BCUT2D eigenvalue weighted by Gasteiger charge is -2.33. The van der Waals surface area contributed by atoms with Crippen LogP contribution in [-0.4, -0.2) is 23.7 Å². The second kappa shape index (κ2) is 10.5. The highest BCUT2D eigenvalue weighted by Gasteiger charge is 2.38. The van der Waals surface area contributed by atoms with E-state index in [0.29, 0.717) is 18.9 Å². The molecule has 1 rings (SSSR count). The Morgan fingerprint density at radius 1 is 1.21 bits per heavy atom. The standard InChI is InChI=1S/C20H34O4/c1-5-7-9-15-11-17(19(21)22)18(12-16(15)10-8-6-2)20(23)24-13-14(3)4/h11,14-16,18H,5-10,12-13H2,1-4H3,(H,21,22). The number of carbonyl (C=O) groups is 2. The van der Waals surface area contributed by atoms with E-state index < -0.39 is 11.9 Å². The maximum atomic E-state index is 12.4. The van der Waals surface area contributed by atoms with Crippen molar-refractivity contribution in [3.05, 3.63) is 11.6 Å². The second-order valence-electron chi connectivity index (χ2n) is 7.45. The van der Waals surface area contributed by atoms with Crippen LogP contribution in [0.1, 0.15) is 72.6 Å². The van der Waals surface area contributed by atoms with Crippen LogP contribution in [0, 0.1) is 23.7 Å². The third-order valence-corrected chi connectivity index (χ3v) is 4.82. The smallest absolute Gasteiger partial charge is 0.332 e. The van der Waals surface area contributed by atoms with Crippen LogP contribution in [-0.2, 0) is 14.3 Å². The van der Waals surface area contributed by atoms with Gasteiger partial charge in [0.15, 0.2) is 0 Å². The topological polar surface area (TPSA) is 63.6 Å². The number of carboxylic acids is 1. The van der Waals surface area contributed by atoms with Gasteiger partial charge in [-0.1, -0.05) is 59.5 Å². The molecule has 0 aromatic heterocycles. The summed E-state index contributed by atoms with van der Waals surface area (Å²) in [7, 11) is 0. The maximum Gasteiger partial charge on any atom is 0.332 e. The average Bonchev–Trinajstić information content (AvgIpc) is 2.55. The van der Waals surface area contributed by atoms with Gasteiger partial charge in [-0.2, -0.15) is 0 Å². The van der Waals surface area contributed by atoms with Gasteiger partial charge in [0.2, 0.25) is 0 Å². The van der Waals surface area contributed by atoms with Crippen molar-refractivity contribution in [1.29, 1.82) is 0 Å². The molecule has 0 saturated heterocycles. The van der Waals surface area contributed by atoms with E-state index in [-0.39, 0.29) is 23.4 Å². The van der Waals surface area contributed by atoms with Crippen molar-refractivity contribution in [1.82, 2.24) is 0 Å². The molecule has 0 aromatic rings. The molecule has 0 bridgehead atoms. The van der Waals surface area contributed by atoms with Crippen LogP contribution in [0.2, 0.25) is 0 Å². The third kappa shape index (κ3) is 6.29. The normalized spacial score (nSPS) is 23.9. The quantitative estimate of drug-likeness (QED) is 0.580. The van der Waals surface area contributed by atoms with Crippen LogP contribution in [0.25, 0.3) is 0 Å². The largest absolute Gasteiger partial charge is 0.478 e. The number of aliphatic carboxylic acids is 1. The van der Waals surface area contributed by atoms with Crippen molar-refractivity contribution in [2.45, 2.75) is 72.6 Å². The Morgan fingerprint density at radius 2 is 1.83 bits per heavy atom. The molecule has 0 radical (unpaired) electrons. The number of ether oxygens (including phenoxy) is 1. The van der Waals surface area contributed by atoms with Gasteiger partial charge in [-0.3, -0.25) is 4.79 Å². The first-order chi connectivity index (χ1) is 11.4. The molecule has 3 unspecified atom stereocenters. The number of carboxylic acid groups (broad SMARTS) is 1. The molecule has 0 saturated carbocycles. The van der Waals surface area contributed by atoms with Gasteiger partial charge in [0.25, 0.3) is 0 Å². The maximum absolute atomic E-state index is 12.4. The predicted molar refractivity (Wildman–Crippen MR) is 95.7 cm³/mol. The van der Waals surface area contributed by atoms with Crippen molar-refractivity contribution in [2.75, 3.05) is 6.61 Å². The SMILES string of the molecule is CCCCC1C=C(C(=O)O)C(C(=O)OCC(C)C)CC1CCCC. The summed E-state index contributed by atoms with van der Waals surface area (Å²) in [5.41, 5.74) is 0.248. The zero-order chi connectivity index (χ0) is 18.1. The molecule has 1 aliphatic carbocycles. The summed E-state index contributed by atoms with van der Waals surface area (Å²) < 4.78 is 5.35. The highest BCUT2D eigenvalue weighted by atomic mass is 16.5. The summed E-state index contributed by atoms with van der Waals surface area (Å²) in [5, 5.41) is 9.56. The van der Waals surface area contributed by atoms with E-state index in [2.05, 4.69) is 13.8 Å². The molecule has 0 aliphatic heterocycles. The van der Waals surface area contributed by atoms with Crippen LogP contribution >= 0.6 is 0 Å². The number of esters is 1. The Hall–Kier alpha value is -1.32. The monoisotopic (exact) mass is 338 g/mol. The van der Waals surface area contributed by atoms with E-state index in [0.717, 1.165) is 38.5 Å². The highest BCUT2D eigenvalue weighted by molar-refractivity contribution is 5.94. The minimum absolute atomic E-state index is 0.248. The fourth-order valence-electron chi connectivity index (χ4n) is 3.44. The van der Waals surface area contributed by atoms with Gasteiger partial charge in [0.1, 0.15) is 0 Å². The first-order valence-electron chi connectivity index (χ1n) is 9.52. The van der Waals surface area contributed by atoms with Crippen LogP contribution in [0.4, 0.5) is 0 Å². The molecule has 1 aliphatic rings. The van der Waals surface area contributed by atoms with E-state index in [1.807, 2.05) is 19.9 Å². The van der Waals surface area contributed by atoms with E-state index in [1.54, 1.807) is 0 Å². The van der Waals surface area contributed by atoms with Crippen molar-refractivity contribution in [3.63, 3.8) is 0 Å². The van der Waals surface area contributed by atoms with E-state index in [4.69, 9.17) is 4.74 Å². The van der Waals surface area contributed by atoms with Gasteiger partial charge >= 0.3 is 11.9 Å². The lowest BCUT2D eigenvalue weighted by Crippen LogP contribution is -2.33. The lowest BCUT2D eigenvalue weighted by molar-refractivity contribution is -0.151. The van der Waals surface area contributed by atoms with E-state index >= 15 is 0 Å². The summed E-state index contributed by atoms with van der Waals surface area (Å²) in [6.45, 7) is 8.62. The molecule has 1 N–H and O–H groups in total. The molecule has 138 valence electrons. The van der Waals surface area contributed by atoms with Crippen molar-refractivity contribution >= 4 is 11.9 Å². The Morgan fingerprint density at radius 3 is 2.38 bits per heavy atom. The summed E-state index contributed by atoms with van der Waals surface area (Å²) in [6.07, 6.45) is 8.99. The summed E-state index contributed by atoms with van der Waals surface area (Å²) >= 11 is 0. The van der Waals surface area contributed by atoms with Crippen molar-refractivity contribution in [3.8, 4) is 0 Å². The number of hydrogen-bond acceptors (Lipinski definition) is 3. The molecular formula is C20H34O4. The second-order valence-corrected chi connectivity index (χ2v) is 7.45. The van der Waals surface area contributed by atoms with Crippen molar-refractivity contribution in [2.24, 2.45) is 23.7 Å². The van der Waals surface area contributed by atoms with Gasteiger partial charge in [0.05, 0.1) is 12.5 Å². The van der Waals surface area contributed by atoms with E-state index in [1.165, 1.54) is 0 Å². The van der Waals surface area contributed by atoms with Gasteiger partial charge in [-0.15, -0.1) is 0 Å². The lowest BCUT2D eigenvalue weighted by atomic mass is 9.71. The first-order valence-corrected chi connectivity index (χ1v) is 9.52. The van der Waals surface area contributed by atoms with Crippen molar-refractivity contribution < 1.29 is 19.4 Å². The Kier molecular flexibility index (Phi) is 9.09. The molecular weight excluding hydrogens is 304 g/mol. The molecule has 0 spiro atoms. The van der Waals surface area contributed by atoms with Crippen LogP contribution in [0.5, 0.6) is 0 Å². The zero-order valence-electron chi connectivity index (χ0n) is 15.7. The minimum Gasteiger partial charge on any atom is -0.478 e. The third-order valence-electron chi connectivity index (χ3n) is 4.82. The molecule has 24 heavy (non-hydrogen) atoms.